The number of aliphatic carboxylic acids is 1. The summed E-state index contributed by atoms with van der Waals surface area (Å²) in [5, 5.41) is 11.7. The second-order valence-corrected chi connectivity index (χ2v) is 4.36. The van der Waals surface area contributed by atoms with Gasteiger partial charge in [0.25, 0.3) is 0 Å². The molecule has 0 aliphatic carbocycles. The van der Waals surface area contributed by atoms with E-state index < -0.39 is 12.0 Å². The Morgan fingerprint density at radius 3 is 3.00 bits per heavy atom. The van der Waals surface area contributed by atoms with Crippen molar-refractivity contribution in [3.8, 4) is 0 Å². The van der Waals surface area contributed by atoms with E-state index >= 15 is 0 Å². The fourth-order valence-corrected chi connectivity index (χ4v) is 2.55. The molecule has 1 aromatic heterocycles. The van der Waals surface area contributed by atoms with Crippen LogP contribution in [0.5, 0.6) is 0 Å². The van der Waals surface area contributed by atoms with Crippen molar-refractivity contribution in [1.29, 1.82) is 0 Å². The Morgan fingerprint density at radius 2 is 2.50 bits per heavy atom. The van der Waals surface area contributed by atoms with Crippen LogP contribution in [-0.2, 0) is 4.79 Å². The summed E-state index contributed by atoms with van der Waals surface area (Å²) in [4.78, 5) is 10.7. The molecule has 0 spiro atoms. The number of hydrogen-bond donors (Lipinski definition) is 2. The molecule has 1 aliphatic heterocycles. The van der Waals surface area contributed by atoms with Crippen molar-refractivity contribution in [3.63, 3.8) is 0 Å². The molecule has 0 bridgehead atoms. The van der Waals surface area contributed by atoms with Gasteiger partial charge in [0.1, 0.15) is 22.9 Å². The highest BCUT2D eigenvalue weighted by Crippen LogP contribution is 2.33. The summed E-state index contributed by atoms with van der Waals surface area (Å²) in [5.74, 6) is 1.43. The third-order valence-corrected chi connectivity index (χ3v) is 3.33. The molecule has 1 unspecified atom stereocenters. The van der Waals surface area contributed by atoms with Crippen molar-refractivity contribution in [2.24, 2.45) is 0 Å². The molecule has 0 saturated carbocycles. The number of furan rings is 1. The highest BCUT2D eigenvalue weighted by molar-refractivity contribution is 7.99. The summed E-state index contributed by atoms with van der Waals surface area (Å²) < 4.78 is 5.42. The van der Waals surface area contributed by atoms with E-state index in [9.17, 15) is 4.79 Å². The molecular weight excluding hydrogens is 202 g/mol. The minimum atomic E-state index is -0.803. The van der Waals surface area contributed by atoms with Gasteiger partial charge in [-0.05, 0) is 19.1 Å². The van der Waals surface area contributed by atoms with Crippen LogP contribution < -0.4 is 5.32 Å². The van der Waals surface area contributed by atoms with Gasteiger partial charge in [-0.1, -0.05) is 0 Å². The molecular formula is C9H11NO3S. The summed E-state index contributed by atoms with van der Waals surface area (Å²) in [7, 11) is 0. The van der Waals surface area contributed by atoms with Gasteiger partial charge in [-0.25, -0.2) is 0 Å². The monoisotopic (exact) mass is 213 g/mol. The molecule has 2 rings (SSSR count). The third-order valence-electron chi connectivity index (χ3n) is 2.10. The molecule has 2 N–H and O–H groups in total. The van der Waals surface area contributed by atoms with E-state index in [2.05, 4.69) is 5.32 Å². The lowest BCUT2D eigenvalue weighted by Gasteiger charge is -2.07. The van der Waals surface area contributed by atoms with Crippen LogP contribution in [0.25, 0.3) is 0 Å². The first-order valence-electron chi connectivity index (χ1n) is 4.33. The lowest BCUT2D eigenvalue weighted by molar-refractivity contribution is -0.138. The van der Waals surface area contributed by atoms with Crippen molar-refractivity contribution in [2.45, 2.75) is 18.3 Å². The first kappa shape index (κ1) is 9.61. The lowest BCUT2D eigenvalue weighted by Crippen LogP contribution is -2.33. The number of hydrogen-bond acceptors (Lipinski definition) is 4. The van der Waals surface area contributed by atoms with Crippen molar-refractivity contribution in [3.05, 3.63) is 23.7 Å². The maximum absolute atomic E-state index is 10.7. The molecule has 5 heteroatoms. The van der Waals surface area contributed by atoms with Gasteiger partial charge in [0.05, 0.1) is 0 Å². The first-order chi connectivity index (χ1) is 6.66. The van der Waals surface area contributed by atoms with Gasteiger partial charge < -0.3 is 9.52 Å². The summed E-state index contributed by atoms with van der Waals surface area (Å²) in [6, 6.07) is 3.30. The maximum Gasteiger partial charge on any atom is 0.321 e. The quantitative estimate of drug-likeness (QED) is 0.777. The highest BCUT2D eigenvalue weighted by Gasteiger charge is 2.31. The molecule has 1 aromatic rings. The van der Waals surface area contributed by atoms with E-state index in [-0.39, 0.29) is 5.37 Å². The van der Waals surface area contributed by atoms with Gasteiger partial charge >= 0.3 is 5.97 Å². The number of carboxylic acid groups (broad SMARTS) is 1. The van der Waals surface area contributed by atoms with Crippen LogP contribution in [-0.4, -0.2) is 22.9 Å². The molecule has 1 fully saturated rings. The Balaban J connectivity index is 2.05. The highest BCUT2D eigenvalue weighted by atomic mass is 32.2. The van der Waals surface area contributed by atoms with E-state index in [4.69, 9.17) is 9.52 Å². The van der Waals surface area contributed by atoms with E-state index in [0.717, 1.165) is 11.5 Å². The van der Waals surface area contributed by atoms with E-state index in [1.807, 2.05) is 19.1 Å². The second-order valence-electron chi connectivity index (χ2n) is 3.22. The number of aryl methyl sites for hydroxylation is 1. The van der Waals surface area contributed by atoms with Gasteiger partial charge in [0.2, 0.25) is 0 Å². The predicted octanol–water partition coefficient (Wildman–Crippen LogP) is 1.38. The van der Waals surface area contributed by atoms with Crippen molar-refractivity contribution < 1.29 is 14.3 Å². The summed E-state index contributed by atoms with van der Waals surface area (Å²) in [6.45, 7) is 1.87. The van der Waals surface area contributed by atoms with Crippen LogP contribution in [0.15, 0.2) is 16.5 Å². The van der Waals surface area contributed by atoms with E-state index in [0.29, 0.717) is 5.75 Å². The standard InChI is InChI=1S/C9H11NO3S/c1-5-2-3-7(13-5)8-10-6(4-14-8)9(11)12/h2-3,6,8,10H,4H2,1H3,(H,11,12)/t6-,8?/m0/s1. The number of thioether (sulfide) groups is 1. The van der Waals surface area contributed by atoms with Crippen LogP contribution >= 0.6 is 11.8 Å². The molecule has 76 valence electrons. The van der Waals surface area contributed by atoms with Gasteiger partial charge in [-0.3, -0.25) is 10.1 Å². The van der Waals surface area contributed by atoms with Gasteiger partial charge in [-0.15, -0.1) is 11.8 Å². The summed E-state index contributed by atoms with van der Waals surface area (Å²) in [5.41, 5.74) is 0. The van der Waals surface area contributed by atoms with Crippen LogP contribution in [0.1, 0.15) is 16.9 Å². The lowest BCUT2D eigenvalue weighted by atomic mass is 10.3. The minimum Gasteiger partial charge on any atom is -0.480 e. The molecule has 1 aliphatic rings. The van der Waals surface area contributed by atoms with Crippen molar-refractivity contribution in [2.75, 3.05) is 5.75 Å². The van der Waals surface area contributed by atoms with Crippen LogP contribution in [0, 0.1) is 6.92 Å². The Kier molecular flexibility index (Phi) is 2.52. The van der Waals surface area contributed by atoms with Crippen LogP contribution in [0.4, 0.5) is 0 Å². The second kappa shape index (κ2) is 3.67. The average Bonchev–Trinajstić information content (AvgIpc) is 2.70. The Hall–Kier alpha value is -0.940. The SMILES string of the molecule is Cc1ccc(C2N[C@H](C(=O)O)CS2)o1. The molecule has 14 heavy (non-hydrogen) atoms. The maximum atomic E-state index is 10.7. The fourth-order valence-electron chi connectivity index (χ4n) is 1.37. The third kappa shape index (κ3) is 1.78. The first-order valence-corrected chi connectivity index (χ1v) is 5.38. The zero-order chi connectivity index (χ0) is 10.1. The topological polar surface area (TPSA) is 62.5 Å². The largest absolute Gasteiger partial charge is 0.480 e. The molecule has 0 radical (unpaired) electrons. The number of nitrogens with one attached hydrogen (secondary N) is 1. The summed E-state index contributed by atoms with van der Waals surface area (Å²) in [6.07, 6.45) is 0. The molecule has 0 aromatic carbocycles. The smallest absolute Gasteiger partial charge is 0.321 e. The Bertz CT molecular complexity index is 350. The van der Waals surface area contributed by atoms with E-state index in [1.54, 1.807) is 11.8 Å². The molecule has 4 nitrogen and oxygen atoms in total. The Labute approximate surface area is 85.7 Å². The van der Waals surface area contributed by atoms with Crippen molar-refractivity contribution in [1.82, 2.24) is 5.32 Å². The van der Waals surface area contributed by atoms with Gasteiger partial charge in [0, 0.05) is 5.75 Å². The predicted molar refractivity (Wildman–Crippen MR) is 53.2 cm³/mol. The van der Waals surface area contributed by atoms with Gasteiger partial charge in [-0.2, -0.15) is 0 Å². The fraction of sp³-hybridized carbons (Fsp3) is 0.444. The normalized spacial score (nSPS) is 26.6. The Morgan fingerprint density at radius 1 is 1.71 bits per heavy atom. The minimum absolute atomic E-state index is 0.0233. The average molecular weight is 213 g/mol. The van der Waals surface area contributed by atoms with Crippen LogP contribution in [0.2, 0.25) is 0 Å². The number of carboxylic acids is 1. The molecule has 2 atom stereocenters. The molecule has 1 saturated heterocycles. The summed E-state index contributed by atoms with van der Waals surface area (Å²) >= 11 is 1.56. The number of rotatable bonds is 2. The molecule has 0 amide bonds. The molecule has 2 heterocycles. The van der Waals surface area contributed by atoms with Gasteiger partial charge in [0.15, 0.2) is 0 Å². The zero-order valence-electron chi connectivity index (χ0n) is 7.69. The van der Waals surface area contributed by atoms with Crippen LogP contribution in [0.3, 0.4) is 0 Å². The van der Waals surface area contributed by atoms with E-state index in [1.165, 1.54) is 0 Å². The van der Waals surface area contributed by atoms with Crippen molar-refractivity contribution >= 4 is 17.7 Å². The zero-order valence-corrected chi connectivity index (χ0v) is 8.50. The number of carbonyl (C=O) groups is 1.